The smallest absolute Gasteiger partial charge is 0.326 e. The third-order valence-corrected chi connectivity index (χ3v) is 20.4. The van der Waals surface area contributed by atoms with Gasteiger partial charge in [-0.3, -0.25) is 78.6 Å². The Bertz CT molecular complexity index is 4040. The van der Waals surface area contributed by atoms with Gasteiger partial charge in [0.2, 0.25) is 76.8 Å². The first kappa shape index (κ1) is 107. The Labute approximate surface area is 736 Å². The van der Waals surface area contributed by atoms with Gasteiger partial charge in [-0.2, -0.15) is 24.4 Å². The van der Waals surface area contributed by atoms with Crippen LogP contribution in [0.5, 0.6) is 17.2 Å². The summed E-state index contributed by atoms with van der Waals surface area (Å²) in [5, 5.41) is 102. The van der Waals surface area contributed by atoms with Gasteiger partial charge in [0.25, 0.3) is 0 Å². The SMILES string of the molecule is CSCC[C@H](NC(=O)[C@H](Cc1ccc(O)cc1)NC(=O)[C@@H](NC(=O)[C@H](CCCNC(=N)N)NC(=O)[C@H](CS)NC(=O)[C@@H](N)CCCNC(=N)N)C(C)C)C(=O)N[C@@H](CC(N)=O)C(=O)N[C@@H](CCCNC(=N)N)C(=O)N[C@@H](CCCCN)C(=O)N[C@@H](Cc1ccc(O)cc1)C(=O)N[C@@H](Cc1ccc(O)cc1)C(=O)N[C@@H](CCCCN)C(=O)N[C@@H](CC(C)C)C(=O)O. The molecule has 43 nitrogen and oxygen atoms in total. The van der Waals surface area contributed by atoms with Crippen molar-refractivity contribution in [3.05, 3.63) is 89.5 Å². The first-order valence-corrected chi connectivity index (χ1v) is 43.2. The van der Waals surface area contributed by atoms with Crippen molar-refractivity contribution in [1.82, 2.24) is 79.8 Å². The summed E-state index contributed by atoms with van der Waals surface area (Å²) in [7, 11) is 0. The number of nitrogens with one attached hydrogen (secondary N) is 18. The van der Waals surface area contributed by atoms with Crippen LogP contribution in [0.2, 0.25) is 0 Å². The van der Waals surface area contributed by atoms with Crippen molar-refractivity contribution in [2.45, 2.75) is 222 Å². The molecule has 13 atom stereocenters. The lowest BCUT2D eigenvalue weighted by Gasteiger charge is -2.29. The minimum atomic E-state index is -1.92. The maximum Gasteiger partial charge on any atom is 0.326 e. The number of guanidine groups is 3. The number of thiol groups is 1. The molecule has 0 spiro atoms. The van der Waals surface area contributed by atoms with E-state index in [2.05, 4.69) is 92.4 Å². The minimum Gasteiger partial charge on any atom is -0.508 e. The highest BCUT2D eigenvalue weighted by molar-refractivity contribution is 7.98. The summed E-state index contributed by atoms with van der Waals surface area (Å²) in [5.41, 5.74) is 41.0. The van der Waals surface area contributed by atoms with E-state index in [1.54, 1.807) is 34.0 Å². The zero-order chi connectivity index (χ0) is 93.4. The maximum absolute atomic E-state index is 15.0. The van der Waals surface area contributed by atoms with Gasteiger partial charge in [-0.25, -0.2) is 4.79 Å². The molecule has 0 aliphatic carbocycles. The number of hydrogen-bond donors (Lipinski definition) is 30. The summed E-state index contributed by atoms with van der Waals surface area (Å²) in [6, 6.07) is -2.86. The van der Waals surface area contributed by atoms with Crippen LogP contribution in [0.15, 0.2) is 72.8 Å². The number of aromatic hydroxyl groups is 3. The van der Waals surface area contributed by atoms with Gasteiger partial charge in [-0.1, -0.05) is 64.1 Å². The maximum atomic E-state index is 15.0. The Balaban J connectivity index is 2.09. The van der Waals surface area contributed by atoms with Crippen LogP contribution in [0.4, 0.5) is 0 Å². The van der Waals surface area contributed by atoms with E-state index < -0.39 is 180 Å². The van der Waals surface area contributed by atoms with E-state index in [9.17, 15) is 78.0 Å². The molecule has 0 aliphatic rings. The van der Waals surface area contributed by atoms with Gasteiger partial charge in [-0.05, 0) is 180 Å². The van der Waals surface area contributed by atoms with Crippen molar-refractivity contribution >= 4 is 125 Å². The van der Waals surface area contributed by atoms with Crippen molar-refractivity contribution in [3.63, 3.8) is 0 Å². The van der Waals surface area contributed by atoms with Crippen LogP contribution >= 0.6 is 24.4 Å². The van der Waals surface area contributed by atoms with Gasteiger partial charge >= 0.3 is 5.97 Å². The van der Waals surface area contributed by atoms with Gasteiger partial charge in [0, 0.05) is 44.6 Å². The Morgan fingerprint density at radius 2 is 0.664 bits per heavy atom. The number of carbonyl (C=O) groups excluding carboxylic acids is 13. The normalized spacial score (nSPS) is 14.2. The Hall–Kier alpha value is -12.0. The Morgan fingerprint density at radius 3 is 0.984 bits per heavy atom. The molecule has 3 rings (SSSR count). The van der Waals surface area contributed by atoms with Crippen molar-refractivity contribution in [2.75, 3.05) is 50.5 Å². The second-order valence-corrected chi connectivity index (χ2v) is 32.1. The average molecular weight is 1790 g/mol. The van der Waals surface area contributed by atoms with E-state index in [0.29, 0.717) is 42.4 Å². The number of phenols is 3. The third-order valence-electron chi connectivity index (χ3n) is 19.4. The molecule has 0 heterocycles. The zero-order valence-electron chi connectivity index (χ0n) is 71.2. The lowest BCUT2D eigenvalue weighted by Crippen LogP contribution is -2.62. The Kier molecular flexibility index (Phi) is 49.3. The van der Waals surface area contributed by atoms with Crippen molar-refractivity contribution in [2.24, 2.45) is 52.0 Å². The molecule has 0 bridgehead atoms. The molecular formula is C80H129N25O18S2. The standard InChI is InChI=1S/C80H129N25O18S2/c1-43(2)37-61(77(122)123)103-68(113)53(15-7-9-32-82)95-71(116)57(38-45-18-24-48(106)25-19-45)100-73(118)58(39-46-20-26-49(107)27-21-46)99-67(112)52(14-6-8-31-81)94-66(111)54(16-11-34-92-79(87)88)96-74(119)60(41-63(84)109)101-69(114)56(30-36-125-5)98-72(117)59(40-47-22-28-50(108)29-23-47)102-76(121)64(44(3)4)105-70(115)55(17-12-35-93-80(89)90)97-75(120)62(42-124)104-65(110)51(83)13-10-33-91-78(85)86/h18-29,43-44,51-62,64,106-108,124H,6-17,30-42,81-83H2,1-5H3,(H2,84,109)(H,94,111)(H,95,116)(H,96,119)(H,97,120)(H,98,117)(H,99,112)(H,100,118)(H,101,114)(H,102,121)(H,103,113)(H,104,110)(H,105,115)(H,122,123)(H4,85,86,91)(H4,87,88,92)(H4,89,90,93)/t51-,52-,53-,54-,55-,56-,57-,58-,59-,60-,61-,62-,64-/m0/s1. The predicted molar refractivity (Wildman–Crippen MR) is 472 cm³/mol. The van der Waals surface area contributed by atoms with Gasteiger partial charge in [0.05, 0.1) is 12.5 Å². The van der Waals surface area contributed by atoms with Gasteiger partial charge < -0.3 is 140 Å². The van der Waals surface area contributed by atoms with E-state index in [1.807, 2.05) is 0 Å². The van der Waals surface area contributed by atoms with Crippen LogP contribution in [0.25, 0.3) is 0 Å². The van der Waals surface area contributed by atoms with E-state index in [4.69, 9.17) is 56.4 Å². The first-order chi connectivity index (χ1) is 59.2. The number of thioether (sulfide) groups is 1. The number of carboxylic acid groups (broad SMARTS) is 1. The minimum absolute atomic E-state index is 0.00759. The highest BCUT2D eigenvalue weighted by Crippen LogP contribution is 2.19. The van der Waals surface area contributed by atoms with E-state index in [-0.39, 0.29) is 163 Å². The lowest BCUT2D eigenvalue weighted by molar-refractivity contribution is -0.143. The number of nitrogens with two attached hydrogens (primary N) is 7. The summed E-state index contributed by atoms with van der Waals surface area (Å²) < 4.78 is 0. The number of hydrogen-bond acceptors (Lipinski definition) is 25. The Morgan fingerprint density at radius 1 is 0.376 bits per heavy atom. The molecule has 0 radical (unpaired) electrons. The topological polar surface area (TPSA) is 754 Å². The molecule has 0 aromatic heterocycles. The van der Waals surface area contributed by atoms with Crippen LogP contribution in [-0.4, -0.2) is 250 Å². The molecule has 0 fully saturated rings. The number of benzene rings is 3. The molecule has 0 saturated carbocycles. The monoisotopic (exact) mass is 1790 g/mol. The van der Waals surface area contributed by atoms with Crippen molar-refractivity contribution < 1.29 is 87.5 Å². The highest BCUT2D eigenvalue weighted by atomic mass is 32.2. The zero-order valence-corrected chi connectivity index (χ0v) is 72.9. The van der Waals surface area contributed by atoms with Crippen LogP contribution in [0.3, 0.4) is 0 Å². The summed E-state index contributed by atoms with van der Waals surface area (Å²) in [6.45, 7) is 7.23. The molecule has 694 valence electrons. The number of phenolic OH excluding ortho intramolecular Hbond substituents is 3. The van der Waals surface area contributed by atoms with Gasteiger partial charge in [0.15, 0.2) is 17.9 Å². The van der Waals surface area contributed by atoms with Crippen LogP contribution < -0.4 is 120 Å². The highest BCUT2D eigenvalue weighted by Gasteiger charge is 2.39. The second kappa shape index (κ2) is 57.5. The van der Waals surface area contributed by atoms with Gasteiger partial charge in [-0.15, -0.1) is 0 Å². The molecular weight excluding hydrogens is 1660 g/mol. The fourth-order valence-electron chi connectivity index (χ4n) is 12.6. The van der Waals surface area contributed by atoms with E-state index in [0.717, 1.165) is 0 Å². The fraction of sp³-hybridized carbons (Fsp3) is 0.562. The summed E-state index contributed by atoms with van der Waals surface area (Å²) in [4.78, 5) is 200. The molecule has 36 N–H and O–H groups in total. The third kappa shape index (κ3) is 42.3. The number of carboxylic acids is 1. The number of amides is 13. The second-order valence-electron chi connectivity index (χ2n) is 30.7. The molecule has 0 aliphatic heterocycles. The molecule has 3 aromatic rings. The molecule has 3 aromatic carbocycles. The van der Waals surface area contributed by atoms with Crippen LogP contribution in [-0.2, 0) is 86.4 Å². The van der Waals surface area contributed by atoms with Crippen LogP contribution in [0.1, 0.15) is 141 Å². The largest absolute Gasteiger partial charge is 0.508 e. The number of primary amides is 1. The first-order valence-electron chi connectivity index (χ1n) is 41.2. The number of carbonyl (C=O) groups is 14. The summed E-state index contributed by atoms with van der Waals surface area (Å²) in [5.74, 6) is -16.5. The van der Waals surface area contributed by atoms with Gasteiger partial charge in [0.1, 0.15) is 89.8 Å². The quantitative estimate of drug-likeness (QED) is 0.0109. The van der Waals surface area contributed by atoms with Crippen LogP contribution in [0, 0.1) is 28.1 Å². The van der Waals surface area contributed by atoms with E-state index >= 15 is 9.59 Å². The predicted octanol–water partition coefficient (Wildman–Crippen LogP) is -4.63. The summed E-state index contributed by atoms with van der Waals surface area (Å²) >= 11 is 5.49. The lowest BCUT2D eigenvalue weighted by atomic mass is 9.99. The average Bonchev–Trinajstić information content (AvgIpc) is 0.844. The molecule has 0 saturated heterocycles. The van der Waals surface area contributed by atoms with Crippen molar-refractivity contribution in [1.29, 1.82) is 16.2 Å². The van der Waals surface area contributed by atoms with Crippen molar-refractivity contribution in [3.8, 4) is 17.2 Å². The number of rotatable bonds is 60. The molecule has 0 unspecified atom stereocenters. The number of aliphatic carboxylic acids is 1. The molecule has 13 amide bonds. The van der Waals surface area contributed by atoms with E-state index in [1.165, 1.54) is 84.6 Å². The molecule has 45 heteroatoms. The summed E-state index contributed by atoms with van der Waals surface area (Å²) in [6.07, 6.45) is 0.851. The number of unbranched alkanes of at least 4 members (excludes halogenated alkanes) is 2. The fourth-order valence-corrected chi connectivity index (χ4v) is 13.3. The molecule has 125 heavy (non-hydrogen) atoms.